The Hall–Kier alpha value is -1.94. The molecule has 0 spiro atoms. The summed E-state index contributed by atoms with van der Waals surface area (Å²) in [5.41, 5.74) is 8.14. The van der Waals surface area contributed by atoms with Gasteiger partial charge in [-0.3, -0.25) is 9.97 Å². The molecular formula is C15H19N3O. The predicted octanol–water partition coefficient (Wildman–Crippen LogP) is 2.51. The molecule has 2 aromatic heterocycles. The van der Waals surface area contributed by atoms with Crippen LogP contribution in [0.15, 0.2) is 42.9 Å². The Balaban J connectivity index is 2.04. The Morgan fingerprint density at radius 3 is 2.95 bits per heavy atom. The Morgan fingerprint density at radius 1 is 1.32 bits per heavy atom. The van der Waals surface area contributed by atoms with Gasteiger partial charge in [-0.1, -0.05) is 13.0 Å². The molecule has 2 aromatic rings. The van der Waals surface area contributed by atoms with E-state index in [9.17, 15) is 0 Å². The molecule has 0 bridgehead atoms. The smallest absolute Gasteiger partial charge is 0.137 e. The van der Waals surface area contributed by atoms with Crippen molar-refractivity contribution in [3.05, 3.63) is 54.1 Å². The maximum atomic E-state index is 6.19. The summed E-state index contributed by atoms with van der Waals surface area (Å²) < 4.78 is 5.56. The molecule has 0 radical (unpaired) electrons. The zero-order chi connectivity index (χ0) is 13.5. The van der Waals surface area contributed by atoms with E-state index in [1.165, 1.54) is 0 Å². The molecule has 100 valence electrons. The lowest BCUT2D eigenvalue weighted by Crippen LogP contribution is -2.14. The van der Waals surface area contributed by atoms with Crippen LogP contribution in [0.25, 0.3) is 0 Å². The summed E-state index contributed by atoms with van der Waals surface area (Å²) in [6.07, 6.45) is 6.95. The second-order valence-electron chi connectivity index (χ2n) is 4.43. The molecule has 0 aromatic carbocycles. The first-order chi connectivity index (χ1) is 9.29. The van der Waals surface area contributed by atoms with E-state index in [2.05, 4.69) is 16.9 Å². The molecule has 0 saturated heterocycles. The van der Waals surface area contributed by atoms with Crippen molar-refractivity contribution in [3.63, 3.8) is 0 Å². The van der Waals surface area contributed by atoms with E-state index in [1.54, 1.807) is 18.6 Å². The largest absolute Gasteiger partial charge is 0.492 e. The average molecular weight is 257 g/mol. The molecule has 4 heteroatoms. The van der Waals surface area contributed by atoms with Gasteiger partial charge in [0.25, 0.3) is 0 Å². The highest BCUT2D eigenvalue weighted by molar-refractivity contribution is 5.26. The van der Waals surface area contributed by atoms with Crippen molar-refractivity contribution in [2.24, 2.45) is 5.73 Å². The lowest BCUT2D eigenvalue weighted by molar-refractivity contribution is 0.315. The summed E-state index contributed by atoms with van der Waals surface area (Å²) >= 11 is 0. The van der Waals surface area contributed by atoms with E-state index in [-0.39, 0.29) is 6.04 Å². The first kappa shape index (κ1) is 13.5. The molecule has 1 unspecified atom stereocenters. The summed E-state index contributed by atoms with van der Waals surface area (Å²) in [5.74, 6) is 0.774. The van der Waals surface area contributed by atoms with E-state index >= 15 is 0 Å². The second kappa shape index (κ2) is 6.85. The Morgan fingerprint density at radius 2 is 2.21 bits per heavy atom. The number of nitrogens with two attached hydrogens (primary N) is 1. The third-order valence-corrected chi connectivity index (χ3v) is 2.79. The third-order valence-electron chi connectivity index (χ3n) is 2.79. The minimum absolute atomic E-state index is 0.118. The standard InChI is InChI=1S/C15H19N3O/c1-2-7-19-14-8-12(10-17-11-14)15(16)9-13-5-3-4-6-18-13/h3-6,8,10-11,15H,2,7,9,16H2,1H3. The molecule has 0 saturated carbocycles. The molecule has 2 N–H and O–H groups in total. The van der Waals surface area contributed by atoms with E-state index in [4.69, 9.17) is 10.5 Å². The van der Waals surface area contributed by atoms with E-state index in [1.807, 2.05) is 24.3 Å². The SMILES string of the molecule is CCCOc1cncc(C(N)Cc2ccccn2)c1. The molecule has 1 atom stereocenters. The fraction of sp³-hybridized carbons (Fsp3) is 0.333. The number of aromatic nitrogens is 2. The van der Waals surface area contributed by atoms with Gasteiger partial charge in [-0.15, -0.1) is 0 Å². The number of ether oxygens (including phenoxy) is 1. The van der Waals surface area contributed by atoms with E-state index in [0.29, 0.717) is 13.0 Å². The van der Waals surface area contributed by atoms with Gasteiger partial charge in [-0.25, -0.2) is 0 Å². The van der Waals surface area contributed by atoms with Crippen LogP contribution >= 0.6 is 0 Å². The van der Waals surface area contributed by atoms with Gasteiger partial charge in [-0.2, -0.15) is 0 Å². The molecule has 0 aliphatic rings. The van der Waals surface area contributed by atoms with Crippen LogP contribution in [0.4, 0.5) is 0 Å². The maximum absolute atomic E-state index is 6.19. The van der Waals surface area contributed by atoms with Crippen LogP contribution in [-0.4, -0.2) is 16.6 Å². The quantitative estimate of drug-likeness (QED) is 0.863. The second-order valence-corrected chi connectivity index (χ2v) is 4.43. The number of nitrogens with zero attached hydrogens (tertiary/aromatic N) is 2. The first-order valence-corrected chi connectivity index (χ1v) is 6.53. The average Bonchev–Trinajstić information content (AvgIpc) is 2.46. The highest BCUT2D eigenvalue weighted by Crippen LogP contribution is 2.19. The summed E-state index contributed by atoms with van der Waals surface area (Å²) in [5, 5.41) is 0. The molecule has 2 rings (SSSR count). The van der Waals surface area contributed by atoms with Gasteiger partial charge < -0.3 is 10.5 Å². The Bertz CT molecular complexity index is 502. The van der Waals surface area contributed by atoms with Gasteiger partial charge in [0.05, 0.1) is 12.8 Å². The monoisotopic (exact) mass is 257 g/mol. The number of hydrogen-bond donors (Lipinski definition) is 1. The van der Waals surface area contributed by atoms with Gasteiger partial charge in [0.2, 0.25) is 0 Å². The van der Waals surface area contributed by atoms with Crippen molar-refractivity contribution in [2.75, 3.05) is 6.61 Å². The van der Waals surface area contributed by atoms with Crippen molar-refractivity contribution in [3.8, 4) is 5.75 Å². The van der Waals surface area contributed by atoms with Crippen molar-refractivity contribution in [2.45, 2.75) is 25.8 Å². The summed E-state index contributed by atoms with van der Waals surface area (Å²) in [7, 11) is 0. The van der Waals surface area contributed by atoms with Gasteiger partial charge in [0, 0.05) is 30.6 Å². The molecule has 0 fully saturated rings. The van der Waals surface area contributed by atoms with Crippen LogP contribution in [-0.2, 0) is 6.42 Å². The summed E-state index contributed by atoms with van der Waals surface area (Å²) in [6.45, 7) is 2.77. The minimum atomic E-state index is -0.118. The fourth-order valence-corrected chi connectivity index (χ4v) is 1.80. The van der Waals surface area contributed by atoms with Crippen molar-refractivity contribution < 1.29 is 4.74 Å². The molecule has 4 nitrogen and oxygen atoms in total. The van der Waals surface area contributed by atoms with Crippen molar-refractivity contribution >= 4 is 0 Å². The first-order valence-electron chi connectivity index (χ1n) is 6.53. The zero-order valence-corrected chi connectivity index (χ0v) is 11.1. The fourth-order valence-electron chi connectivity index (χ4n) is 1.80. The van der Waals surface area contributed by atoms with Gasteiger partial charge >= 0.3 is 0 Å². The Labute approximate surface area is 113 Å². The summed E-state index contributed by atoms with van der Waals surface area (Å²) in [6, 6.07) is 7.68. The molecular weight excluding hydrogens is 238 g/mol. The topological polar surface area (TPSA) is 61.0 Å². The van der Waals surface area contributed by atoms with Crippen LogP contribution in [0, 0.1) is 0 Å². The molecule has 19 heavy (non-hydrogen) atoms. The molecule has 0 aliphatic heterocycles. The van der Waals surface area contributed by atoms with Gasteiger partial charge in [0.15, 0.2) is 0 Å². The lowest BCUT2D eigenvalue weighted by Gasteiger charge is -2.12. The van der Waals surface area contributed by atoms with E-state index in [0.717, 1.165) is 23.4 Å². The normalized spacial score (nSPS) is 12.1. The molecule has 2 heterocycles. The Kier molecular flexibility index (Phi) is 4.86. The number of rotatable bonds is 6. The van der Waals surface area contributed by atoms with Crippen LogP contribution in [0.1, 0.15) is 30.6 Å². The van der Waals surface area contributed by atoms with Crippen molar-refractivity contribution in [1.82, 2.24) is 9.97 Å². The lowest BCUT2D eigenvalue weighted by atomic mass is 10.0. The summed E-state index contributed by atoms with van der Waals surface area (Å²) in [4.78, 5) is 8.46. The predicted molar refractivity (Wildman–Crippen MR) is 74.9 cm³/mol. The van der Waals surface area contributed by atoms with E-state index < -0.39 is 0 Å². The highest BCUT2D eigenvalue weighted by atomic mass is 16.5. The van der Waals surface area contributed by atoms with Gasteiger partial charge in [-0.05, 0) is 30.2 Å². The maximum Gasteiger partial charge on any atom is 0.137 e. The molecule has 0 amide bonds. The van der Waals surface area contributed by atoms with Crippen molar-refractivity contribution in [1.29, 1.82) is 0 Å². The van der Waals surface area contributed by atoms with Crippen LogP contribution in [0.2, 0.25) is 0 Å². The van der Waals surface area contributed by atoms with Crippen LogP contribution in [0.3, 0.4) is 0 Å². The highest BCUT2D eigenvalue weighted by Gasteiger charge is 2.09. The third kappa shape index (κ3) is 4.03. The zero-order valence-electron chi connectivity index (χ0n) is 11.1. The number of hydrogen-bond acceptors (Lipinski definition) is 4. The minimum Gasteiger partial charge on any atom is -0.492 e. The number of pyridine rings is 2. The van der Waals surface area contributed by atoms with Crippen LogP contribution in [0.5, 0.6) is 5.75 Å². The van der Waals surface area contributed by atoms with Crippen LogP contribution < -0.4 is 10.5 Å². The van der Waals surface area contributed by atoms with Gasteiger partial charge in [0.1, 0.15) is 5.75 Å². The molecule has 0 aliphatic carbocycles.